The number of aliphatic carboxylic acids is 1. The molecule has 1 saturated heterocycles. The van der Waals surface area contributed by atoms with Gasteiger partial charge >= 0.3 is 5.97 Å². The molecule has 2 bridgehead atoms. The van der Waals surface area contributed by atoms with Crippen LogP contribution in [0.4, 0.5) is 0 Å². The summed E-state index contributed by atoms with van der Waals surface area (Å²) in [4.78, 5) is 13.2. The average Bonchev–Trinajstić information content (AvgIpc) is 2.91. The van der Waals surface area contributed by atoms with Gasteiger partial charge in [0, 0.05) is 19.6 Å². The molecule has 2 aliphatic carbocycles. The molecule has 0 radical (unpaired) electrons. The summed E-state index contributed by atoms with van der Waals surface area (Å²) >= 11 is 0. The number of hydrogen-bond donors (Lipinski definition) is 1. The predicted molar refractivity (Wildman–Crippen MR) is 62.8 cm³/mol. The van der Waals surface area contributed by atoms with Crippen molar-refractivity contribution in [3.63, 3.8) is 0 Å². The van der Waals surface area contributed by atoms with Crippen LogP contribution in [-0.2, 0) is 9.53 Å². The average molecular weight is 239 g/mol. The van der Waals surface area contributed by atoms with E-state index in [1.165, 1.54) is 25.7 Å². The second-order valence-corrected chi connectivity index (χ2v) is 5.89. The highest BCUT2D eigenvalue weighted by Gasteiger charge is 2.40. The van der Waals surface area contributed by atoms with Crippen LogP contribution in [-0.4, -0.2) is 48.3 Å². The number of carboxylic acid groups (broad SMARTS) is 1. The summed E-state index contributed by atoms with van der Waals surface area (Å²) in [6.07, 6.45) is 5.03. The molecule has 3 aliphatic rings. The molecule has 1 aliphatic heterocycles. The second kappa shape index (κ2) is 4.58. The molecule has 1 heterocycles. The quantitative estimate of drug-likeness (QED) is 0.804. The summed E-state index contributed by atoms with van der Waals surface area (Å²) in [5.74, 6) is 1.90. The molecule has 4 unspecified atom stereocenters. The van der Waals surface area contributed by atoms with Crippen molar-refractivity contribution < 1.29 is 14.6 Å². The summed E-state index contributed by atoms with van der Waals surface area (Å²) in [6, 6.07) is 0. The molecule has 17 heavy (non-hydrogen) atoms. The van der Waals surface area contributed by atoms with Crippen molar-refractivity contribution >= 4 is 5.97 Å². The van der Waals surface area contributed by atoms with E-state index in [1.807, 2.05) is 0 Å². The van der Waals surface area contributed by atoms with Crippen molar-refractivity contribution in [2.75, 3.05) is 26.2 Å². The SMILES string of the molecule is O=C(O)C1CN(CC2CC3CCC2C3)CCO1. The number of ether oxygens (including phenoxy) is 1. The van der Waals surface area contributed by atoms with Crippen LogP contribution < -0.4 is 0 Å². The first-order valence-electron chi connectivity index (χ1n) is 6.79. The zero-order valence-electron chi connectivity index (χ0n) is 10.2. The first-order chi connectivity index (χ1) is 8.22. The molecule has 0 aromatic rings. The summed E-state index contributed by atoms with van der Waals surface area (Å²) in [6.45, 7) is 3.13. The van der Waals surface area contributed by atoms with E-state index in [0.717, 1.165) is 30.8 Å². The van der Waals surface area contributed by atoms with E-state index in [4.69, 9.17) is 9.84 Å². The van der Waals surface area contributed by atoms with E-state index < -0.39 is 12.1 Å². The lowest BCUT2D eigenvalue weighted by Crippen LogP contribution is -2.47. The lowest BCUT2D eigenvalue weighted by molar-refractivity contribution is -0.156. The van der Waals surface area contributed by atoms with Crippen LogP contribution in [0.5, 0.6) is 0 Å². The predicted octanol–water partition coefficient (Wildman–Crippen LogP) is 1.21. The minimum absolute atomic E-state index is 0.567. The van der Waals surface area contributed by atoms with Crippen LogP contribution in [0.25, 0.3) is 0 Å². The van der Waals surface area contributed by atoms with Gasteiger partial charge in [0.25, 0.3) is 0 Å². The highest BCUT2D eigenvalue weighted by atomic mass is 16.5. The van der Waals surface area contributed by atoms with E-state index in [1.54, 1.807) is 0 Å². The fourth-order valence-electron chi connectivity index (χ4n) is 3.95. The number of nitrogens with zero attached hydrogens (tertiary/aromatic N) is 1. The molecule has 0 aromatic carbocycles. The first kappa shape index (κ1) is 11.5. The molecular formula is C13H21NO3. The number of carboxylic acids is 1. The minimum atomic E-state index is -0.817. The van der Waals surface area contributed by atoms with E-state index in [-0.39, 0.29) is 0 Å². The number of rotatable bonds is 3. The molecular weight excluding hydrogens is 218 g/mol. The molecule has 3 fully saturated rings. The lowest BCUT2D eigenvalue weighted by atomic mass is 9.88. The smallest absolute Gasteiger partial charge is 0.334 e. The molecule has 96 valence electrons. The molecule has 3 rings (SSSR count). The Balaban J connectivity index is 1.53. The van der Waals surface area contributed by atoms with Gasteiger partial charge in [0.05, 0.1) is 6.61 Å². The summed E-state index contributed by atoms with van der Waals surface area (Å²) in [5.41, 5.74) is 0. The van der Waals surface area contributed by atoms with E-state index in [0.29, 0.717) is 13.2 Å². The van der Waals surface area contributed by atoms with Gasteiger partial charge in [0.15, 0.2) is 6.10 Å². The Morgan fingerprint density at radius 1 is 1.35 bits per heavy atom. The molecule has 0 amide bonds. The molecule has 4 heteroatoms. The third-order valence-electron chi connectivity index (χ3n) is 4.80. The Bertz CT molecular complexity index is 307. The zero-order chi connectivity index (χ0) is 11.8. The molecule has 0 aromatic heterocycles. The fraction of sp³-hybridized carbons (Fsp3) is 0.923. The maximum Gasteiger partial charge on any atom is 0.334 e. The van der Waals surface area contributed by atoms with E-state index in [2.05, 4.69) is 4.90 Å². The Morgan fingerprint density at radius 3 is 2.88 bits per heavy atom. The summed E-state index contributed by atoms with van der Waals surface area (Å²) in [7, 11) is 0. The van der Waals surface area contributed by atoms with E-state index >= 15 is 0 Å². The van der Waals surface area contributed by atoms with Gasteiger partial charge in [-0.3, -0.25) is 4.90 Å². The Kier molecular flexibility index (Phi) is 3.09. The third-order valence-corrected chi connectivity index (χ3v) is 4.80. The highest BCUT2D eigenvalue weighted by Crippen LogP contribution is 2.48. The molecule has 4 nitrogen and oxygen atoms in total. The van der Waals surface area contributed by atoms with Crippen LogP contribution in [0.1, 0.15) is 25.7 Å². The lowest BCUT2D eigenvalue weighted by Gasteiger charge is -2.34. The second-order valence-electron chi connectivity index (χ2n) is 5.89. The number of hydrogen-bond acceptors (Lipinski definition) is 3. The first-order valence-corrected chi connectivity index (χ1v) is 6.79. The molecule has 0 spiro atoms. The van der Waals surface area contributed by atoms with Gasteiger partial charge in [-0.1, -0.05) is 6.42 Å². The van der Waals surface area contributed by atoms with Crippen LogP contribution >= 0.6 is 0 Å². The van der Waals surface area contributed by atoms with Crippen LogP contribution in [0, 0.1) is 17.8 Å². The van der Waals surface area contributed by atoms with Gasteiger partial charge in [-0.25, -0.2) is 4.79 Å². The van der Waals surface area contributed by atoms with Crippen molar-refractivity contribution in [3.8, 4) is 0 Å². The van der Waals surface area contributed by atoms with Gasteiger partial charge in [-0.2, -0.15) is 0 Å². The maximum absolute atomic E-state index is 10.9. The number of morpholine rings is 1. The van der Waals surface area contributed by atoms with E-state index in [9.17, 15) is 4.79 Å². The van der Waals surface area contributed by atoms with Crippen LogP contribution in [0.15, 0.2) is 0 Å². The molecule has 4 atom stereocenters. The Labute approximate surface area is 102 Å². The summed E-state index contributed by atoms with van der Waals surface area (Å²) in [5, 5.41) is 8.97. The van der Waals surface area contributed by atoms with Crippen molar-refractivity contribution in [1.82, 2.24) is 4.90 Å². The van der Waals surface area contributed by atoms with Gasteiger partial charge < -0.3 is 9.84 Å². The Morgan fingerprint density at radius 2 is 2.24 bits per heavy atom. The standard InChI is InChI=1S/C13H21NO3/c15-13(16)12-8-14(3-4-17-12)7-11-6-9-1-2-10(11)5-9/h9-12H,1-8H2,(H,15,16). The van der Waals surface area contributed by atoms with Crippen molar-refractivity contribution in [3.05, 3.63) is 0 Å². The topological polar surface area (TPSA) is 49.8 Å². The maximum atomic E-state index is 10.9. The molecule has 1 N–H and O–H groups in total. The zero-order valence-corrected chi connectivity index (χ0v) is 10.2. The van der Waals surface area contributed by atoms with Crippen molar-refractivity contribution in [1.29, 1.82) is 0 Å². The van der Waals surface area contributed by atoms with Crippen molar-refractivity contribution in [2.24, 2.45) is 17.8 Å². The van der Waals surface area contributed by atoms with Crippen LogP contribution in [0.3, 0.4) is 0 Å². The monoisotopic (exact) mass is 239 g/mol. The number of fused-ring (bicyclic) bond motifs is 2. The normalized spacial score (nSPS) is 41.9. The van der Waals surface area contributed by atoms with Gasteiger partial charge in [0.2, 0.25) is 0 Å². The van der Waals surface area contributed by atoms with Gasteiger partial charge in [-0.15, -0.1) is 0 Å². The van der Waals surface area contributed by atoms with Gasteiger partial charge in [-0.05, 0) is 37.0 Å². The third kappa shape index (κ3) is 2.33. The van der Waals surface area contributed by atoms with Crippen molar-refractivity contribution in [2.45, 2.75) is 31.8 Å². The largest absolute Gasteiger partial charge is 0.479 e. The van der Waals surface area contributed by atoms with Gasteiger partial charge in [0.1, 0.15) is 0 Å². The minimum Gasteiger partial charge on any atom is -0.479 e. The fourth-order valence-corrected chi connectivity index (χ4v) is 3.95. The number of carbonyl (C=O) groups is 1. The van der Waals surface area contributed by atoms with Crippen LogP contribution in [0.2, 0.25) is 0 Å². The molecule has 2 saturated carbocycles. The Hall–Kier alpha value is -0.610. The summed E-state index contributed by atoms with van der Waals surface area (Å²) < 4.78 is 5.25. The highest BCUT2D eigenvalue weighted by molar-refractivity contribution is 5.72.